The third-order valence-corrected chi connectivity index (χ3v) is 3.46. The first-order chi connectivity index (χ1) is 13.0. The van der Waals surface area contributed by atoms with Crippen LogP contribution in [-0.4, -0.2) is 28.6 Å². The highest BCUT2D eigenvalue weighted by Gasteiger charge is 2.09. The van der Waals surface area contributed by atoms with Crippen molar-refractivity contribution in [1.29, 1.82) is 0 Å². The van der Waals surface area contributed by atoms with Gasteiger partial charge in [-0.1, -0.05) is 23.4 Å². The van der Waals surface area contributed by atoms with Crippen LogP contribution >= 0.6 is 0 Å². The molecular weight excluding hydrogens is 348 g/mol. The Morgan fingerprint density at radius 1 is 1.07 bits per heavy atom. The zero-order valence-corrected chi connectivity index (χ0v) is 14.9. The van der Waals surface area contributed by atoms with Crippen LogP contribution in [0.3, 0.4) is 0 Å². The Labute approximate surface area is 155 Å². The predicted molar refractivity (Wildman–Crippen MR) is 99.3 cm³/mol. The third-order valence-electron chi connectivity index (χ3n) is 3.46. The lowest BCUT2D eigenvalue weighted by Crippen LogP contribution is -2.20. The smallest absolute Gasteiger partial charge is 0.262 e. The first kappa shape index (κ1) is 18.1. The summed E-state index contributed by atoms with van der Waals surface area (Å²) in [5, 5.41) is 9.27. The van der Waals surface area contributed by atoms with Gasteiger partial charge in [-0.05, 0) is 24.3 Å². The molecule has 8 nitrogen and oxygen atoms in total. The maximum atomic E-state index is 12.1. The van der Waals surface area contributed by atoms with Gasteiger partial charge in [0.15, 0.2) is 6.61 Å². The molecule has 0 aliphatic heterocycles. The Morgan fingerprint density at radius 3 is 2.52 bits per heavy atom. The van der Waals surface area contributed by atoms with E-state index in [9.17, 15) is 9.59 Å². The lowest BCUT2D eigenvalue weighted by molar-refractivity contribution is -0.118. The zero-order chi connectivity index (χ0) is 19.2. The van der Waals surface area contributed by atoms with E-state index >= 15 is 0 Å². The number of aromatic nitrogens is 2. The number of nitrogens with zero attached hydrogens (tertiary/aromatic N) is 2. The van der Waals surface area contributed by atoms with Gasteiger partial charge in [-0.2, -0.15) is 4.98 Å². The van der Waals surface area contributed by atoms with Crippen LogP contribution in [0.25, 0.3) is 11.4 Å². The molecule has 138 valence electrons. The number of carbonyl (C=O) groups is 2. The van der Waals surface area contributed by atoms with Gasteiger partial charge < -0.3 is 19.9 Å². The Kier molecular flexibility index (Phi) is 5.46. The molecule has 2 N–H and O–H groups in total. The van der Waals surface area contributed by atoms with Crippen molar-refractivity contribution in [2.75, 3.05) is 17.2 Å². The van der Waals surface area contributed by atoms with Crippen molar-refractivity contribution in [2.45, 2.75) is 13.8 Å². The molecule has 0 saturated carbocycles. The van der Waals surface area contributed by atoms with Crippen molar-refractivity contribution in [2.24, 2.45) is 0 Å². The van der Waals surface area contributed by atoms with Gasteiger partial charge in [-0.15, -0.1) is 0 Å². The van der Waals surface area contributed by atoms with E-state index in [1.165, 1.54) is 6.92 Å². The van der Waals surface area contributed by atoms with E-state index in [1.807, 2.05) is 6.07 Å². The maximum absolute atomic E-state index is 12.1. The fourth-order valence-corrected chi connectivity index (χ4v) is 2.37. The van der Waals surface area contributed by atoms with E-state index in [2.05, 4.69) is 20.8 Å². The Bertz CT molecular complexity index is 968. The summed E-state index contributed by atoms with van der Waals surface area (Å²) in [6.07, 6.45) is 0. The van der Waals surface area contributed by atoms with Crippen LogP contribution in [0.4, 0.5) is 11.4 Å². The van der Waals surface area contributed by atoms with Crippen molar-refractivity contribution >= 4 is 23.2 Å². The number of ether oxygens (including phenoxy) is 1. The number of aryl methyl sites for hydroxylation is 1. The van der Waals surface area contributed by atoms with Crippen LogP contribution in [0.1, 0.15) is 12.8 Å². The van der Waals surface area contributed by atoms with Gasteiger partial charge >= 0.3 is 0 Å². The van der Waals surface area contributed by atoms with Crippen LogP contribution in [0.2, 0.25) is 0 Å². The molecule has 0 atom stereocenters. The van der Waals surface area contributed by atoms with Gasteiger partial charge in [0.25, 0.3) is 5.91 Å². The number of amides is 2. The summed E-state index contributed by atoms with van der Waals surface area (Å²) in [7, 11) is 0. The van der Waals surface area contributed by atoms with E-state index in [0.29, 0.717) is 28.8 Å². The van der Waals surface area contributed by atoms with Gasteiger partial charge in [0.1, 0.15) is 5.75 Å². The van der Waals surface area contributed by atoms with Crippen molar-refractivity contribution in [3.8, 4) is 17.1 Å². The molecule has 8 heteroatoms. The first-order valence-corrected chi connectivity index (χ1v) is 8.20. The second-order valence-corrected chi connectivity index (χ2v) is 5.76. The average Bonchev–Trinajstić information content (AvgIpc) is 3.06. The van der Waals surface area contributed by atoms with Crippen LogP contribution < -0.4 is 15.4 Å². The lowest BCUT2D eigenvalue weighted by atomic mass is 10.2. The molecule has 0 unspecified atom stereocenters. The topological polar surface area (TPSA) is 106 Å². The molecule has 3 aromatic rings. The van der Waals surface area contributed by atoms with E-state index in [1.54, 1.807) is 49.4 Å². The Morgan fingerprint density at radius 2 is 1.81 bits per heavy atom. The maximum Gasteiger partial charge on any atom is 0.262 e. The second kappa shape index (κ2) is 8.13. The molecule has 0 fully saturated rings. The molecule has 1 aromatic heterocycles. The molecule has 3 rings (SSSR count). The summed E-state index contributed by atoms with van der Waals surface area (Å²) in [5.74, 6) is 0.902. The minimum atomic E-state index is -0.318. The minimum Gasteiger partial charge on any atom is -0.484 e. The number of anilines is 2. The number of carbonyl (C=O) groups excluding carboxylic acids is 2. The number of hydrogen-bond acceptors (Lipinski definition) is 6. The molecule has 0 radical (unpaired) electrons. The molecule has 0 aliphatic carbocycles. The van der Waals surface area contributed by atoms with Crippen LogP contribution in [0, 0.1) is 6.92 Å². The van der Waals surface area contributed by atoms with Gasteiger partial charge in [-0.25, -0.2) is 0 Å². The number of nitrogens with one attached hydrogen (secondary N) is 2. The highest BCUT2D eigenvalue weighted by Crippen LogP contribution is 2.20. The van der Waals surface area contributed by atoms with Gasteiger partial charge in [0, 0.05) is 36.9 Å². The molecule has 0 aliphatic rings. The van der Waals surface area contributed by atoms with Crippen molar-refractivity contribution in [3.63, 3.8) is 0 Å². The van der Waals surface area contributed by atoms with Crippen molar-refractivity contribution in [3.05, 3.63) is 54.4 Å². The highest BCUT2D eigenvalue weighted by molar-refractivity contribution is 5.92. The summed E-state index contributed by atoms with van der Waals surface area (Å²) in [6.45, 7) is 2.96. The molecule has 2 aromatic carbocycles. The largest absolute Gasteiger partial charge is 0.484 e. The standard InChI is InChI=1S/C19H18N4O4/c1-12(24)20-16-7-4-8-17(10-16)26-11-18(25)22-15-6-3-5-14(9-15)19-21-13(2)27-23-19/h3-10H,11H2,1-2H3,(H,20,24)(H,22,25). The fourth-order valence-electron chi connectivity index (χ4n) is 2.37. The molecule has 2 amide bonds. The number of rotatable bonds is 6. The quantitative estimate of drug-likeness (QED) is 0.694. The Hall–Kier alpha value is -3.68. The monoisotopic (exact) mass is 366 g/mol. The highest BCUT2D eigenvalue weighted by atomic mass is 16.5. The van der Waals surface area contributed by atoms with E-state index in [4.69, 9.17) is 9.26 Å². The van der Waals surface area contributed by atoms with Crippen LogP contribution in [0.5, 0.6) is 5.75 Å². The summed E-state index contributed by atoms with van der Waals surface area (Å²) in [5.41, 5.74) is 1.92. The van der Waals surface area contributed by atoms with E-state index in [0.717, 1.165) is 5.56 Å². The van der Waals surface area contributed by atoms with E-state index in [-0.39, 0.29) is 18.4 Å². The summed E-state index contributed by atoms with van der Waals surface area (Å²) in [6, 6.07) is 13.9. The average molecular weight is 366 g/mol. The number of benzene rings is 2. The molecule has 0 bridgehead atoms. The fraction of sp³-hybridized carbons (Fsp3) is 0.158. The minimum absolute atomic E-state index is 0.172. The van der Waals surface area contributed by atoms with Crippen LogP contribution in [0.15, 0.2) is 53.1 Å². The first-order valence-electron chi connectivity index (χ1n) is 8.20. The van der Waals surface area contributed by atoms with Crippen molar-refractivity contribution < 1.29 is 18.8 Å². The third kappa shape index (κ3) is 5.15. The van der Waals surface area contributed by atoms with Gasteiger partial charge in [-0.3, -0.25) is 9.59 Å². The second-order valence-electron chi connectivity index (χ2n) is 5.76. The molecule has 0 spiro atoms. The SMILES string of the molecule is CC(=O)Nc1cccc(OCC(=O)Nc2cccc(-c3noc(C)n3)c2)c1. The Balaban J connectivity index is 1.59. The molecule has 27 heavy (non-hydrogen) atoms. The summed E-state index contributed by atoms with van der Waals surface area (Å²) in [4.78, 5) is 27.4. The molecule has 0 saturated heterocycles. The summed E-state index contributed by atoms with van der Waals surface area (Å²) < 4.78 is 10.4. The van der Waals surface area contributed by atoms with Gasteiger partial charge in [0.05, 0.1) is 0 Å². The van der Waals surface area contributed by atoms with Crippen molar-refractivity contribution in [1.82, 2.24) is 10.1 Å². The summed E-state index contributed by atoms with van der Waals surface area (Å²) >= 11 is 0. The molecular formula is C19H18N4O4. The molecule has 1 heterocycles. The number of hydrogen-bond donors (Lipinski definition) is 2. The van der Waals surface area contributed by atoms with Crippen LogP contribution in [-0.2, 0) is 9.59 Å². The van der Waals surface area contributed by atoms with Gasteiger partial charge in [0.2, 0.25) is 17.6 Å². The normalized spacial score (nSPS) is 10.3. The zero-order valence-electron chi connectivity index (χ0n) is 14.9. The predicted octanol–water partition coefficient (Wildman–Crippen LogP) is 3.02. The lowest BCUT2D eigenvalue weighted by Gasteiger charge is -2.09. The van der Waals surface area contributed by atoms with E-state index < -0.39 is 0 Å².